The fourth-order valence-electron chi connectivity index (χ4n) is 1.66. The number of benzene rings is 1. The SMILES string of the molecule is Nc1cc(Br)cc(Oc2ccc3nccnc3n2)c1. The predicted molar refractivity (Wildman–Crippen MR) is 76.0 cm³/mol. The zero-order valence-corrected chi connectivity index (χ0v) is 11.3. The molecule has 0 aliphatic carbocycles. The average molecular weight is 317 g/mol. The van der Waals surface area contributed by atoms with Crippen LogP contribution in [0.25, 0.3) is 11.2 Å². The third-order valence-electron chi connectivity index (χ3n) is 2.42. The van der Waals surface area contributed by atoms with Gasteiger partial charge in [0.25, 0.3) is 0 Å². The van der Waals surface area contributed by atoms with Crippen LogP contribution < -0.4 is 10.5 Å². The third-order valence-corrected chi connectivity index (χ3v) is 2.88. The fraction of sp³-hybridized carbons (Fsp3) is 0. The molecule has 0 saturated heterocycles. The van der Waals surface area contributed by atoms with Crippen molar-refractivity contribution in [2.45, 2.75) is 0 Å². The first-order valence-electron chi connectivity index (χ1n) is 5.52. The van der Waals surface area contributed by atoms with Crippen molar-refractivity contribution in [2.75, 3.05) is 5.73 Å². The summed E-state index contributed by atoms with van der Waals surface area (Å²) in [7, 11) is 0. The topological polar surface area (TPSA) is 73.9 Å². The van der Waals surface area contributed by atoms with E-state index >= 15 is 0 Å². The predicted octanol–water partition coefficient (Wildman–Crippen LogP) is 3.16. The summed E-state index contributed by atoms with van der Waals surface area (Å²) in [4.78, 5) is 12.6. The number of aromatic nitrogens is 3. The number of anilines is 1. The molecule has 0 aliphatic heterocycles. The summed E-state index contributed by atoms with van der Waals surface area (Å²) in [6.07, 6.45) is 3.22. The van der Waals surface area contributed by atoms with Crippen LogP contribution in [-0.4, -0.2) is 15.0 Å². The molecule has 0 fully saturated rings. The van der Waals surface area contributed by atoms with Gasteiger partial charge in [0.1, 0.15) is 11.3 Å². The summed E-state index contributed by atoms with van der Waals surface area (Å²) in [6, 6.07) is 8.90. The molecule has 0 amide bonds. The molecular formula is C13H9BrN4O. The number of ether oxygens (including phenoxy) is 1. The van der Waals surface area contributed by atoms with Crippen molar-refractivity contribution in [2.24, 2.45) is 0 Å². The molecular weight excluding hydrogens is 308 g/mol. The van der Waals surface area contributed by atoms with E-state index in [1.807, 2.05) is 12.1 Å². The van der Waals surface area contributed by atoms with Crippen molar-refractivity contribution in [3.63, 3.8) is 0 Å². The Hall–Kier alpha value is -2.21. The van der Waals surface area contributed by atoms with Gasteiger partial charge in [-0.2, -0.15) is 4.98 Å². The Balaban J connectivity index is 1.96. The van der Waals surface area contributed by atoms with Crippen molar-refractivity contribution in [1.29, 1.82) is 0 Å². The van der Waals surface area contributed by atoms with Crippen LogP contribution in [-0.2, 0) is 0 Å². The van der Waals surface area contributed by atoms with E-state index in [0.717, 1.165) is 9.99 Å². The summed E-state index contributed by atoms with van der Waals surface area (Å²) in [5.74, 6) is 1.06. The van der Waals surface area contributed by atoms with Crippen LogP contribution in [0.1, 0.15) is 0 Å². The smallest absolute Gasteiger partial charge is 0.221 e. The number of rotatable bonds is 2. The summed E-state index contributed by atoms with van der Waals surface area (Å²) in [5.41, 5.74) is 7.64. The maximum atomic E-state index is 5.75. The van der Waals surface area contributed by atoms with Crippen molar-refractivity contribution >= 4 is 32.8 Å². The second-order valence-corrected chi connectivity index (χ2v) is 4.79. The van der Waals surface area contributed by atoms with E-state index in [-0.39, 0.29) is 0 Å². The number of hydrogen-bond donors (Lipinski definition) is 1. The molecule has 0 bridgehead atoms. The maximum absolute atomic E-state index is 5.75. The lowest BCUT2D eigenvalue weighted by molar-refractivity contribution is 0.464. The lowest BCUT2D eigenvalue weighted by atomic mass is 10.3. The van der Waals surface area contributed by atoms with E-state index in [1.165, 1.54) is 0 Å². The summed E-state index contributed by atoms with van der Waals surface area (Å²) in [6.45, 7) is 0. The summed E-state index contributed by atoms with van der Waals surface area (Å²) in [5, 5.41) is 0. The minimum absolute atomic E-state index is 0.450. The van der Waals surface area contributed by atoms with Gasteiger partial charge in [-0.05, 0) is 18.2 Å². The van der Waals surface area contributed by atoms with Gasteiger partial charge in [-0.25, -0.2) is 4.98 Å². The highest BCUT2D eigenvalue weighted by atomic mass is 79.9. The molecule has 2 heterocycles. The first-order chi connectivity index (χ1) is 9.20. The van der Waals surface area contributed by atoms with Gasteiger partial charge in [0.15, 0.2) is 5.65 Å². The summed E-state index contributed by atoms with van der Waals surface area (Å²) < 4.78 is 6.51. The molecule has 2 N–H and O–H groups in total. The molecule has 6 heteroatoms. The number of fused-ring (bicyclic) bond motifs is 1. The first kappa shape index (κ1) is 11.9. The number of nitrogen functional groups attached to an aromatic ring is 1. The Labute approximate surface area is 117 Å². The fourth-order valence-corrected chi connectivity index (χ4v) is 2.15. The first-order valence-corrected chi connectivity index (χ1v) is 6.32. The van der Waals surface area contributed by atoms with Crippen molar-refractivity contribution in [3.8, 4) is 11.6 Å². The molecule has 0 radical (unpaired) electrons. The monoisotopic (exact) mass is 316 g/mol. The van der Waals surface area contributed by atoms with E-state index in [9.17, 15) is 0 Å². The van der Waals surface area contributed by atoms with Gasteiger partial charge < -0.3 is 10.5 Å². The van der Waals surface area contributed by atoms with Crippen LogP contribution >= 0.6 is 15.9 Å². The van der Waals surface area contributed by atoms with Crippen molar-refractivity contribution in [1.82, 2.24) is 15.0 Å². The standard InChI is InChI=1S/C13H9BrN4O/c14-8-5-9(15)7-10(6-8)19-12-2-1-11-13(18-12)17-4-3-16-11/h1-7H,15H2. The maximum Gasteiger partial charge on any atom is 0.221 e. The molecule has 0 atom stereocenters. The van der Waals surface area contributed by atoms with Gasteiger partial charge in [0, 0.05) is 34.7 Å². The Morgan fingerprint density at radius 2 is 1.89 bits per heavy atom. The van der Waals surface area contributed by atoms with Crippen LogP contribution in [0.2, 0.25) is 0 Å². The Morgan fingerprint density at radius 1 is 1.05 bits per heavy atom. The van der Waals surface area contributed by atoms with Gasteiger partial charge >= 0.3 is 0 Å². The average Bonchev–Trinajstić information content (AvgIpc) is 2.37. The largest absolute Gasteiger partial charge is 0.439 e. The molecule has 0 unspecified atom stereocenters. The molecule has 2 aromatic heterocycles. The minimum atomic E-state index is 0.450. The zero-order chi connectivity index (χ0) is 13.2. The Bertz CT molecular complexity index is 727. The molecule has 0 spiro atoms. The van der Waals surface area contributed by atoms with Crippen LogP contribution in [0.3, 0.4) is 0 Å². The Kier molecular flexibility index (Phi) is 3.00. The van der Waals surface area contributed by atoms with Gasteiger partial charge in [-0.3, -0.25) is 4.98 Å². The minimum Gasteiger partial charge on any atom is -0.439 e. The molecule has 94 valence electrons. The third kappa shape index (κ3) is 2.63. The van der Waals surface area contributed by atoms with Gasteiger partial charge in [0.2, 0.25) is 5.88 Å². The molecule has 3 rings (SSSR count). The van der Waals surface area contributed by atoms with Crippen LogP contribution in [0.15, 0.2) is 47.2 Å². The number of hydrogen-bond acceptors (Lipinski definition) is 5. The molecule has 0 saturated carbocycles. The highest BCUT2D eigenvalue weighted by Gasteiger charge is 2.04. The van der Waals surface area contributed by atoms with Crippen molar-refractivity contribution in [3.05, 3.63) is 47.2 Å². The van der Waals surface area contributed by atoms with Crippen LogP contribution in [0.5, 0.6) is 11.6 Å². The lowest BCUT2D eigenvalue weighted by Crippen LogP contribution is -1.92. The van der Waals surface area contributed by atoms with Crippen LogP contribution in [0.4, 0.5) is 5.69 Å². The molecule has 19 heavy (non-hydrogen) atoms. The number of nitrogens with two attached hydrogens (primary N) is 1. The van der Waals surface area contributed by atoms with Gasteiger partial charge in [-0.15, -0.1) is 0 Å². The highest BCUT2D eigenvalue weighted by molar-refractivity contribution is 9.10. The lowest BCUT2D eigenvalue weighted by Gasteiger charge is -2.06. The van der Waals surface area contributed by atoms with E-state index < -0.39 is 0 Å². The summed E-state index contributed by atoms with van der Waals surface area (Å²) >= 11 is 3.36. The molecule has 3 aromatic rings. The molecule has 1 aromatic carbocycles. The zero-order valence-electron chi connectivity index (χ0n) is 9.75. The second kappa shape index (κ2) is 4.81. The molecule has 0 aliphatic rings. The van der Waals surface area contributed by atoms with Gasteiger partial charge in [-0.1, -0.05) is 15.9 Å². The second-order valence-electron chi connectivity index (χ2n) is 3.87. The quantitative estimate of drug-likeness (QED) is 0.735. The van der Waals surface area contributed by atoms with E-state index in [0.29, 0.717) is 23.0 Å². The van der Waals surface area contributed by atoms with E-state index in [4.69, 9.17) is 10.5 Å². The van der Waals surface area contributed by atoms with E-state index in [1.54, 1.807) is 30.6 Å². The molecule has 5 nitrogen and oxygen atoms in total. The van der Waals surface area contributed by atoms with E-state index in [2.05, 4.69) is 30.9 Å². The normalized spacial score (nSPS) is 10.6. The number of pyridine rings is 1. The number of nitrogens with zero attached hydrogens (tertiary/aromatic N) is 3. The highest BCUT2D eigenvalue weighted by Crippen LogP contribution is 2.27. The Morgan fingerprint density at radius 3 is 2.74 bits per heavy atom. The van der Waals surface area contributed by atoms with Crippen molar-refractivity contribution < 1.29 is 4.74 Å². The number of halogens is 1. The van der Waals surface area contributed by atoms with Crippen LogP contribution in [0, 0.1) is 0 Å². The van der Waals surface area contributed by atoms with Gasteiger partial charge in [0.05, 0.1) is 0 Å².